The van der Waals surface area contributed by atoms with Gasteiger partial charge in [-0.25, -0.2) is 4.98 Å². The van der Waals surface area contributed by atoms with Gasteiger partial charge in [0.25, 0.3) is 0 Å². The van der Waals surface area contributed by atoms with Crippen molar-refractivity contribution in [3.8, 4) is 0 Å². The third-order valence-electron chi connectivity index (χ3n) is 4.50. The third kappa shape index (κ3) is 4.11. The predicted octanol–water partition coefficient (Wildman–Crippen LogP) is 4.63. The van der Waals surface area contributed by atoms with Crippen molar-refractivity contribution in [1.82, 2.24) is 9.88 Å². The Morgan fingerprint density at radius 3 is 2.62 bits per heavy atom. The Morgan fingerprint density at radius 1 is 1.15 bits per heavy atom. The molecular formula is C19H21Cl2N3OS. The third-order valence-corrected chi connectivity index (χ3v) is 5.64. The molecule has 1 aromatic heterocycles. The fraction of sp³-hybridized carbons (Fsp3) is 0.263. The topological polar surface area (TPSA) is 59.2 Å². The monoisotopic (exact) mass is 409 g/mol. The number of hydrogen-bond acceptors (Lipinski definition) is 4. The van der Waals surface area contributed by atoms with Crippen LogP contribution >= 0.6 is 36.2 Å². The van der Waals surface area contributed by atoms with Crippen LogP contribution in [-0.4, -0.2) is 22.3 Å². The molecule has 0 saturated carbocycles. The van der Waals surface area contributed by atoms with Crippen LogP contribution in [0.4, 0.5) is 5.69 Å². The Bertz CT molecular complexity index is 849. The molecule has 3 aromatic rings. The van der Waals surface area contributed by atoms with Gasteiger partial charge < -0.3 is 10.6 Å². The average Bonchev–Trinajstić information content (AvgIpc) is 3.23. The van der Waals surface area contributed by atoms with Crippen LogP contribution in [0.2, 0.25) is 0 Å². The van der Waals surface area contributed by atoms with Gasteiger partial charge in [0.1, 0.15) is 5.01 Å². The number of benzene rings is 2. The van der Waals surface area contributed by atoms with Gasteiger partial charge in [0, 0.05) is 12.2 Å². The summed E-state index contributed by atoms with van der Waals surface area (Å²) < 4.78 is 1.19. The van der Waals surface area contributed by atoms with Crippen molar-refractivity contribution in [2.45, 2.75) is 25.3 Å². The molecule has 0 bridgehead atoms. The molecule has 0 aliphatic carbocycles. The van der Waals surface area contributed by atoms with E-state index in [9.17, 15) is 4.79 Å². The average molecular weight is 410 g/mol. The number of anilines is 1. The molecule has 1 aliphatic rings. The van der Waals surface area contributed by atoms with Gasteiger partial charge in [0.15, 0.2) is 0 Å². The Hall–Kier alpha value is -1.82. The molecule has 2 N–H and O–H groups in total. The lowest BCUT2D eigenvalue weighted by molar-refractivity contribution is -0.131. The van der Waals surface area contributed by atoms with Crippen molar-refractivity contribution >= 4 is 58.0 Å². The number of nitrogens with zero attached hydrogens (tertiary/aromatic N) is 2. The second-order valence-electron chi connectivity index (χ2n) is 6.18. The van der Waals surface area contributed by atoms with Crippen LogP contribution in [0, 0.1) is 0 Å². The molecule has 1 unspecified atom stereocenters. The minimum atomic E-state index is 0. The molecule has 138 valence electrons. The number of para-hydroxylation sites is 1. The SMILES string of the molecule is Cl.Cl.Nc1ccc(CC(=O)N2CCCC2c2nc3ccccc3s2)cc1. The molecule has 7 heteroatoms. The molecule has 26 heavy (non-hydrogen) atoms. The second-order valence-corrected chi connectivity index (χ2v) is 7.25. The number of rotatable bonds is 3. The number of nitrogens with two attached hydrogens (primary N) is 1. The molecule has 1 atom stereocenters. The van der Waals surface area contributed by atoms with Crippen LogP contribution in [0.25, 0.3) is 10.2 Å². The van der Waals surface area contributed by atoms with Gasteiger partial charge in [-0.3, -0.25) is 4.79 Å². The highest BCUT2D eigenvalue weighted by molar-refractivity contribution is 7.18. The summed E-state index contributed by atoms with van der Waals surface area (Å²) in [5, 5.41) is 1.05. The van der Waals surface area contributed by atoms with Crippen molar-refractivity contribution < 1.29 is 4.79 Å². The highest BCUT2D eigenvalue weighted by Gasteiger charge is 2.32. The fourth-order valence-corrected chi connectivity index (χ4v) is 4.38. The lowest BCUT2D eigenvalue weighted by atomic mass is 10.1. The lowest BCUT2D eigenvalue weighted by Gasteiger charge is -2.23. The summed E-state index contributed by atoms with van der Waals surface area (Å²) >= 11 is 1.70. The molecule has 4 nitrogen and oxygen atoms in total. The maximum absolute atomic E-state index is 12.8. The van der Waals surface area contributed by atoms with Gasteiger partial charge in [0.05, 0.1) is 22.7 Å². The highest BCUT2D eigenvalue weighted by Crippen LogP contribution is 2.36. The lowest BCUT2D eigenvalue weighted by Crippen LogP contribution is -2.31. The maximum atomic E-state index is 12.8. The Balaban J connectivity index is 0.00000121. The first-order valence-corrected chi connectivity index (χ1v) is 9.02. The summed E-state index contributed by atoms with van der Waals surface area (Å²) in [6.07, 6.45) is 2.45. The molecular weight excluding hydrogens is 389 g/mol. The number of amides is 1. The van der Waals surface area contributed by atoms with Crippen LogP contribution in [-0.2, 0) is 11.2 Å². The van der Waals surface area contributed by atoms with Gasteiger partial charge in [-0.15, -0.1) is 36.2 Å². The van der Waals surface area contributed by atoms with Crippen molar-refractivity contribution in [3.05, 3.63) is 59.1 Å². The van der Waals surface area contributed by atoms with E-state index < -0.39 is 0 Å². The molecule has 1 aliphatic heterocycles. The number of thiazole rings is 1. The standard InChI is InChI=1S/C19H19N3OS.2ClH/c20-14-9-7-13(8-10-14)12-18(23)22-11-3-5-16(22)19-21-15-4-1-2-6-17(15)24-19;;/h1-2,4,6-10,16H,3,5,11-12,20H2;2*1H. The van der Waals surface area contributed by atoms with Crippen molar-refractivity contribution in [3.63, 3.8) is 0 Å². The van der Waals surface area contributed by atoms with Crippen molar-refractivity contribution in [2.75, 3.05) is 12.3 Å². The molecule has 2 aromatic carbocycles. The van der Waals surface area contributed by atoms with Gasteiger partial charge in [0.2, 0.25) is 5.91 Å². The van der Waals surface area contributed by atoms with E-state index >= 15 is 0 Å². The number of halogens is 2. The van der Waals surface area contributed by atoms with E-state index in [-0.39, 0.29) is 36.8 Å². The Kier molecular flexibility index (Phi) is 6.87. The van der Waals surface area contributed by atoms with E-state index in [1.807, 2.05) is 47.4 Å². The summed E-state index contributed by atoms with van der Waals surface area (Å²) in [7, 11) is 0. The van der Waals surface area contributed by atoms with Crippen molar-refractivity contribution in [1.29, 1.82) is 0 Å². The number of hydrogen-bond donors (Lipinski definition) is 1. The Morgan fingerprint density at radius 2 is 1.88 bits per heavy atom. The first kappa shape index (κ1) is 20.5. The second kappa shape index (κ2) is 8.71. The molecule has 1 fully saturated rings. The van der Waals surface area contributed by atoms with Crippen LogP contribution < -0.4 is 5.73 Å². The molecule has 0 spiro atoms. The summed E-state index contributed by atoms with van der Waals surface area (Å²) in [5.41, 5.74) is 8.46. The number of carbonyl (C=O) groups excluding carboxylic acids is 1. The molecule has 2 heterocycles. The molecule has 0 radical (unpaired) electrons. The van der Waals surface area contributed by atoms with E-state index in [1.54, 1.807) is 11.3 Å². The van der Waals surface area contributed by atoms with Crippen LogP contribution in [0.5, 0.6) is 0 Å². The van der Waals surface area contributed by atoms with E-state index in [0.29, 0.717) is 6.42 Å². The maximum Gasteiger partial charge on any atom is 0.227 e. The summed E-state index contributed by atoms with van der Waals surface area (Å²) in [6.45, 7) is 0.814. The van der Waals surface area contributed by atoms with E-state index in [4.69, 9.17) is 10.7 Å². The zero-order valence-corrected chi connectivity index (χ0v) is 16.6. The quantitative estimate of drug-likeness (QED) is 0.641. The highest BCUT2D eigenvalue weighted by atomic mass is 35.5. The summed E-state index contributed by atoms with van der Waals surface area (Å²) in [4.78, 5) is 19.5. The first-order valence-electron chi connectivity index (χ1n) is 8.20. The number of carbonyl (C=O) groups is 1. The van der Waals surface area contributed by atoms with Crippen LogP contribution in [0.3, 0.4) is 0 Å². The molecule has 1 amide bonds. The minimum Gasteiger partial charge on any atom is -0.399 e. The zero-order valence-electron chi connectivity index (χ0n) is 14.1. The number of aromatic nitrogens is 1. The fourth-order valence-electron chi connectivity index (χ4n) is 3.27. The minimum absolute atomic E-state index is 0. The van der Waals surface area contributed by atoms with E-state index in [0.717, 1.165) is 41.2 Å². The molecule has 4 rings (SSSR count). The number of nitrogen functional groups attached to an aromatic ring is 1. The normalized spacial score (nSPS) is 16.2. The van der Waals surface area contributed by atoms with Gasteiger partial charge in [-0.2, -0.15) is 0 Å². The van der Waals surface area contributed by atoms with Crippen LogP contribution in [0.15, 0.2) is 48.5 Å². The summed E-state index contributed by atoms with van der Waals surface area (Å²) in [6, 6.07) is 15.8. The molecule has 1 saturated heterocycles. The van der Waals surface area contributed by atoms with Gasteiger partial charge in [-0.05, 0) is 42.7 Å². The van der Waals surface area contributed by atoms with E-state index in [1.165, 1.54) is 4.70 Å². The van der Waals surface area contributed by atoms with E-state index in [2.05, 4.69) is 6.07 Å². The summed E-state index contributed by atoms with van der Waals surface area (Å²) in [5.74, 6) is 0.168. The first-order chi connectivity index (χ1) is 11.7. The largest absolute Gasteiger partial charge is 0.399 e. The van der Waals surface area contributed by atoms with Crippen LogP contribution in [0.1, 0.15) is 29.5 Å². The number of fused-ring (bicyclic) bond motifs is 1. The van der Waals surface area contributed by atoms with Crippen molar-refractivity contribution in [2.24, 2.45) is 0 Å². The zero-order chi connectivity index (χ0) is 16.5. The Labute approximate surface area is 169 Å². The van der Waals surface area contributed by atoms with Gasteiger partial charge >= 0.3 is 0 Å². The predicted molar refractivity (Wildman–Crippen MR) is 112 cm³/mol. The smallest absolute Gasteiger partial charge is 0.227 e. The van der Waals surface area contributed by atoms with Gasteiger partial charge in [-0.1, -0.05) is 24.3 Å². The number of likely N-dealkylation sites (tertiary alicyclic amines) is 1.